The quantitative estimate of drug-likeness (QED) is 0.795. The molecule has 2 atom stereocenters. The lowest BCUT2D eigenvalue weighted by Crippen LogP contribution is -2.36. The molecular formula is C14H17FN2O4. The van der Waals surface area contributed by atoms with Crippen LogP contribution in [0.1, 0.15) is 29.6 Å². The van der Waals surface area contributed by atoms with Gasteiger partial charge in [0.1, 0.15) is 5.82 Å². The predicted molar refractivity (Wildman–Crippen MR) is 73.9 cm³/mol. The normalized spacial score (nSPS) is 21.0. The van der Waals surface area contributed by atoms with E-state index < -0.39 is 23.4 Å². The summed E-state index contributed by atoms with van der Waals surface area (Å²) < 4.78 is 18.7. The van der Waals surface area contributed by atoms with Gasteiger partial charge in [-0.1, -0.05) is 0 Å². The van der Waals surface area contributed by atoms with Crippen molar-refractivity contribution < 1.29 is 23.8 Å². The van der Waals surface area contributed by atoms with E-state index in [0.29, 0.717) is 0 Å². The SMILES string of the molecule is COC1CCC(NC(=O)Nc2ccc(C(=O)O)c(F)c2)C1. The number of amides is 2. The summed E-state index contributed by atoms with van der Waals surface area (Å²) in [5.41, 5.74) is -0.226. The molecule has 3 N–H and O–H groups in total. The summed E-state index contributed by atoms with van der Waals surface area (Å²) in [6.45, 7) is 0. The van der Waals surface area contributed by atoms with Gasteiger partial charge < -0.3 is 20.5 Å². The Kier molecular flexibility index (Phi) is 4.74. The molecule has 2 rings (SSSR count). The fraction of sp³-hybridized carbons (Fsp3) is 0.429. The molecule has 1 fully saturated rings. The van der Waals surface area contributed by atoms with Crippen molar-refractivity contribution in [2.24, 2.45) is 0 Å². The molecule has 0 aliphatic heterocycles. The van der Waals surface area contributed by atoms with E-state index in [2.05, 4.69) is 10.6 Å². The number of urea groups is 1. The van der Waals surface area contributed by atoms with Crippen LogP contribution in [0.3, 0.4) is 0 Å². The van der Waals surface area contributed by atoms with Gasteiger partial charge in [-0.3, -0.25) is 0 Å². The van der Waals surface area contributed by atoms with Crippen LogP contribution in [0.2, 0.25) is 0 Å². The van der Waals surface area contributed by atoms with Gasteiger partial charge in [0, 0.05) is 18.8 Å². The van der Waals surface area contributed by atoms with Crippen LogP contribution in [-0.2, 0) is 4.74 Å². The molecule has 1 aromatic carbocycles. The Morgan fingerprint density at radius 3 is 2.71 bits per heavy atom. The van der Waals surface area contributed by atoms with Crippen molar-refractivity contribution in [3.63, 3.8) is 0 Å². The average molecular weight is 296 g/mol. The molecule has 21 heavy (non-hydrogen) atoms. The summed E-state index contributed by atoms with van der Waals surface area (Å²) in [4.78, 5) is 22.5. The van der Waals surface area contributed by atoms with Crippen LogP contribution in [0.15, 0.2) is 18.2 Å². The Hall–Kier alpha value is -2.15. The standard InChI is InChI=1S/C14H17FN2O4/c1-21-10-4-2-8(6-10)16-14(20)17-9-3-5-11(13(18)19)12(15)7-9/h3,5,7-8,10H,2,4,6H2,1H3,(H,18,19)(H2,16,17,20). The number of hydrogen-bond acceptors (Lipinski definition) is 3. The van der Waals surface area contributed by atoms with Crippen molar-refractivity contribution in [2.45, 2.75) is 31.4 Å². The minimum atomic E-state index is -1.35. The van der Waals surface area contributed by atoms with Gasteiger partial charge in [0.05, 0.1) is 11.7 Å². The summed E-state index contributed by atoms with van der Waals surface area (Å²) >= 11 is 0. The fourth-order valence-electron chi connectivity index (χ4n) is 2.40. The Labute approximate surface area is 121 Å². The number of carboxylic acids is 1. The van der Waals surface area contributed by atoms with E-state index in [4.69, 9.17) is 9.84 Å². The Morgan fingerprint density at radius 1 is 1.38 bits per heavy atom. The molecule has 0 radical (unpaired) electrons. The molecule has 1 aliphatic rings. The van der Waals surface area contributed by atoms with Crippen molar-refractivity contribution in [1.29, 1.82) is 0 Å². The Morgan fingerprint density at radius 2 is 2.14 bits per heavy atom. The first-order valence-corrected chi connectivity index (χ1v) is 6.62. The highest BCUT2D eigenvalue weighted by Crippen LogP contribution is 2.21. The third kappa shape index (κ3) is 3.91. The molecule has 114 valence electrons. The molecule has 0 heterocycles. The number of hydrogen-bond donors (Lipinski definition) is 3. The molecule has 0 bridgehead atoms. The Bertz CT molecular complexity index is 550. The van der Waals surface area contributed by atoms with Gasteiger partial charge in [-0.2, -0.15) is 0 Å². The van der Waals surface area contributed by atoms with E-state index >= 15 is 0 Å². The lowest BCUT2D eigenvalue weighted by Gasteiger charge is -2.14. The summed E-state index contributed by atoms with van der Waals surface area (Å²) in [7, 11) is 1.64. The van der Waals surface area contributed by atoms with Crippen LogP contribution in [0.25, 0.3) is 0 Å². The molecule has 0 spiro atoms. The molecule has 2 unspecified atom stereocenters. The van der Waals surface area contributed by atoms with Crippen LogP contribution in [0, 0.1) is 5.82 Å². The summed E-state index contributed by atoms with van der Waals surface area (Å²) in [5.74, 6) is -2.24. The van der Waals surface area contributed by atoms with Crippen molar-refractivity contribution in [3.8, 4) is 0 Å². The van der Waals surface area contributed by atoms with Gasteiger partial charge in [-0.15, -0.1) is 0 Å². The second kappa shape index (κ2) is 6.53. The second-order valence-corrected chi connectivity index (χ2v) is 4.97. The van der Waals surface area contributed by atoms with Crippen molar-refractivity contribution in [1.82, 2.24) is 5.32 Å². The number of carboxylic acid groups (broad SMARTS) is 1. The second-order valence-electron chi connectivity index (χ2n) is 4.97. The van der Waals surface area contributed by atoms with Crippen molar-refractivity contribution >= 4 is 17.7 Å². The number of benzene rings is 1. The van der Waals surface area contributed by atoms with Crippen LogP contribution in [0.4, 0.5) is 14.9 Å². The molecule has 1 aliphatic carbocycles. The summed E-state index contributed by atoms with van der Waals surface area (Å²) in [6.07, 6.45) is 2.63. The average Bonchev–Trinajstić information content (AvgIpc) is 2.85. The van der Waals surface area contributed by atoms with Crippen LogP contribution in [0.5, 0.6) is 0 Å². The lowest BCUT2D eigenvalue weighted by molar-refractivity contribution is 0.0692. The number of aromatic carboxylic acids is 1. The van der Waals surface area contributed by atoms with Crippen LogP contribution >= 0.6 is 0 Å². The molecule has 6 nitrogen and oxygen atoms in total. The van der Waals surface area contributed by atoms with Gasteiger partial charge in [0.15, 0.2) is 0 Å². The first kappa shape index (κ1) is 15.2. The maximum Gasteiger partial charge on any atom is 0.338 e. The zero-order valence-corrected chi connectivity index (χ0v) is 11.6. The first-order valence-electron chi connectivity index (χ1n) is 6.62. The summed E-state index contributed by atoms with van der Waals surface area (Å²) in [5, 5.41) is 14.0. The third-order valence-electron chi connectivity index (χ3n) is 3.51. The van der Waals surface area contributed by atoms with E-state index in [0.717, 1.165) is 31.4 Å². The third-order valence-corrected chi connectivity index (χ3v) is 3.51. The lowest BCUT2D eigenvalue weighted by atomic mass is 10.2. The number of halogens is 1. The number of anilines is 1. The molecule has 2 amide bonds. The number of nitrogens with one attached hydrogen (secondary N) is 2. The summed E-state index contributed by atoms with van der Waals surface area (Å²) in [6, 6.07) is 3.02. The maximum atomic E-state index is 13.5. The molecular weight excluding hydrogens is 279 g/mol. The minimum absolute atomic E-state index is 0.0260. The van der Waals surface area contributed by atoms with Crippen LogP contribution in [-0.4, -0.2) is 36.4 Å². The van der Waals surface area contributed by atoms with Crippen molar-refractivity contribution in [2.75, 3.05) is 12.4 Å². The number of methoxy groups -OCH3 is 1. The van der Waals surface area contributed by atoms with E-state index in [9.17, 15) is 14.0 Å². The van der Waals surface area contributed by atoms with Gasteiger partial charge in [0.2, 0.25) is 0 Å². The van der Waals surface area contributed by atoms with E-state index in [1.165, 1.54) is 6.07 Å². The predicted octanol–water partition coefficient (Wildman–Crippen LogP) is 2.21. The number of carbonyl (C=O) groups excluding carboxylic acids is 1. The highest BCUT2D eigenvalue weighted by molar-refractivity contribution is 5.91. The number of carbonyl (C=O) groups is 2. The largest absolute Gasteiger partial charge is 0.478 e. The zero-order chi connectivity index (χ0) is 15.4. The van der Waals surface area contributed by atoms with Gasteiger partial charge >= 0.3 is 12.0 Å². The highest BCUT2D eigenvalue weighted by atomic mass is 19.1. The van der Waals surface area contributed by atoms with Crippen molar-refractivity contribution in [3.05, 3.63) is 29.6 Å². The maximum absolute atomic E-state index is 13.5. The molecule has 0 saturated heterocycles. The fourth-order valence-corrected chi connectivity index (χ4v) is 2.40. The van der Waals surface area contributed by atoms with Gasteiger partial charge in [0.25, 0.3) is 0 Å². The topological polar surface area (TPSA) is 87.7 Å². The highest BCUT2D eigenvalue weighted by Gasteiger charge is 2.25. The van der Waals surface area contributed by atoms with E-state index in [1.807, 2.05) is 0 Å². The van der Waals surface area contributed by atoms with Gasteiger partial charge in [-0.25, -0.2) is 14.0 Å². The van der Waals surface area contributed by atoms with E-state index in [1.54, 1.807) is 7.11 Å². The van der Waals surface area contributed by atoms with E-state index in [-0.39, 0.29) is 17.8 Å². The zero-order valence-electron chi connectivity index (χ0n) is 11.6. The molecule has 1 saturated carbocycles. The first-order chi connectivity index (χ1) is 9.99. The number of rotatable bonds is 4. The Balaban J connectivity index is 1.91. The minimum Gasteiger partial charge on any atom is -0.478 e. The van der Waals surface area contributed by atoms with Crippen LogP contribution < -0.4 is 10.6 Å². The van der Waals surface area contributed by atoms with Gasteiger partial charge in [-0.05, 0) is 37.5 Å². The molecule has 0 aromatic heterocycles. The number of ether oxygens (including phenoxy) is 1. The smallest absolute Gasteiger partial charge is 0.338 e. The monoisotopic (exact) mass is 296 g/mol. The molecule has 1 aromatic rings. The molecule has 7 heteroatoms.